The highest BCUT2D eigenvalue weighted by atomic mass is 32.2. The highest BCUT2D eigenvalue weighted by Gasteiger charge is 2.36. The van der Waals surface area contributed by atoms with Crippen molar-refractivity contribution in [2.24, 2.45) is 5.73 Å². The van der Waals surface area contributed by atoms with Gasteiger partial charge in [-0.2, -0.15) is 0 Å². The molecule has 0 radical (unpaired) electrons. The molecule has 3 aliphatic rings. The van der Waals surface area contributed by atoms with Crippen molar-refractivity contribution in [2.45, 2.75) is 75.1 Å². The highest BCUT2D eigenvalue weighted by Crippen LogP contribution is 2.32. The van der Waals surface area contributed by atoms with Crippen molar-refractivity contribution in [1.29, 1.82) is 0 Å². The van der Waals surface area contributed by atoms with Crippen molar-refractivity contribution in [3.8, 4) is 0 Å². The molecule has 3 heterocycles. The first kappa shape index (κ1) is 28.3. The SMILES string of the molecule is N[C@H](C(=O)Nc1cccc(F)c1CCC1CN[C@@H]2CCCS(=O)N1C2)C(c1ccc(F)cc1)C1CCCCO1. The second kappa shape index (κ2) is 13.0. The maximum Gasteiger partial charge on any atom is 0.242 e. The van der Waals surface area contributed by atoms with E-state index in [9.17, 15) is 13.4 Å². The van der Waals surface area contributed by atoms with Gasteiger partial charge in [0.1, 0.15) is 11.6 Å². The minimum absolute atomic E-state index is 0.0249. The maximum atomic E-state index is 15.1. The van der Waals surface area contributed by atoms with Crippen LogP contribution in [0.15, 0.2) is 42.5 Å². The third kappa shape index (κ3) is 6.74. The van der Waals surface area contributed by atoms with Crippen molar-refractivity contribution in [2.75, 3.05) is 30.8 Å². The Kier molecular flexibility index (Phi) is 9.40. The molecule has 5 rings (SSSR count). The minimum atomic E-state index is -1.03. The lowest BCUT2D eigenvalue weighted by molar-refractivity contribution is -0.119. The van der Waals surface area contributed by atoms with Crippen molar-refractivity contribution in [3.63, 3.8) is 0 Å². The fourth-order valence-corrected chi connectivity index (χ4v) is 7.61. The first-order valence-electron chi connectivity index (χ1n) is 14.0. The zero-order chi connectivity index (χ0) is 27.4. The van der Waals surface area contributed by atoms with Crippen LogP contribution in [0.4, 0.5) is 14.5 Å². The average Bonchev–Trinajstić information content (AvgIpc) is 3.09. The largest absolute Gasteiger partial charge is 0.378 e. The number of nitrogens with zero attached hydrogens (tertiary/aromatic N) is 1. The Labute approximate surface area is 231 Å². The number of fused-ring (bicyclic) bond motifs is 2. The number of carbonyl (C=O) groups is 1. The van der Waals surface area contributed by atoms with Gasteiger partial charge in [-0.15, -0.1) is 0 Å². The summed E-state index contributed by atoms with van der Waals surface area (Å²) >= 11 is 0. The van der Waals surface area contributed by atoms with E-state index in [-0.39, 0.29) is 18.0 Å². The summed E-state index contributed by atoms with van der Waals surface area (Å²) in [6.45, 7) is 2.03. The molecule has 3 saturated heterocycles. The molecule has 0 aromatic heterocycles. The van der Waals surface area contributed by atoms with Gasteiger partial charge in [0.2, 0.25) is 5.91 Å². The van der Waals surface area contributed by atoms with E-state index in [1.54, 1.807) is 24.3 Å². The minimum Gasteiger partial charge on any atom is -0.378 e. The molecule has 2 aromatic rings. The Bertz CT molecular complexity index is 1160. The van der Waals surface area contributed by atoms with E-state index in [0.717, 1.165) is 44.2 Å². The maximum absolute atomic E-state index is 15.1. The van der Waals surface area contributed by atoms with Gasteiger partial charge in [-0.3, -0.25) is 4.79 Å². The number of rotatable bonds is 8. The molecule has 7 nitrogen and oxygen atoms in total. The molecule has 3 aliphatic heterocycles. The lowest BCUT2D eigenvalue weighted by atomic mass is 9.83. The van der Waals surface area contributed by atoms with Crippen molar-refractivity contribution >= 4 is 22.6 Å². The molecule has 4 N–H and O–H groups in total. The summed E-state index contributed by atoms with van der Waals surface area (Å²) in [4.78, 5) is 13.5. The Morgan fingerprint density at radius 1 is 1.15 bits per heavy atom. The Balaban J connectivity index is 1.31. The van der Waals surface area contributed by atoms with Gasteiger partial charge in [-0.05, 0) is 74.8 Å². The molecule has 5 unspecified atom stereocenters. The van der Waals surface area contributed by atoms with E-state index in [4.69, 9.17) is 10.5 Å². The Morgan fingerprint density at radius 2 is 1.97 bits per heavy atom. The van der Waals surface area contributed by atoms with Crippen molar-refractivity contribution < 1.29 is 22.5 Å². The first-order chi connectivity index (χ1) is 18.9. The van der Waals surface area contributed by atoms with Crippen LogP contribution in [0.25, 0.3) is 0 Å². The van der Waals surface area contributed by atoms with Gasteiger partial charge >= 0.3 is 0 Å². The molecule has 0 aliphatic carbocycles. The number of halogens is 2. The Morgan fingerprint density at radius 3 is 2.74 bits per heavy atom. The summed E-state index contributed by atoms with van der Waals surface area (Å²) in [7, 11) is -1.03. The summed E-state index contributed by atoms with van der Waals surface area (Å²) in [5, 5.41) is 6.42. The molecule has 10 heteroatoms. The summed E-state index contributed by atoms with van der Waals surface area (Å²) in [5.41, 5.74) is 8.08. The second-order valence-electron chi connectivity index (χ2n) is 10.8. The summed E-state index contributed by atoms with van der Waals surface area (Å²) in [6, 6.07) is 10.1. The lowest BCUT2D eigenvalue weighted by Gasteiger charge is -2.37. The smallest absolute Gasteiger partial charge is 0.242 e. The van der Waals surface area contributed by atoms with E-state index in [2.05, 4.69) is 14.9 Å². The molecule has 39 heavy (non-hydrogen) atoms. The molecule has 3 fully saturated rings. The van der Waals surface area contributed by atoms with Gasteiger partial charge in [0, 0.05) is 54.7 Å². The van der Waals surface area contributed by atoms with Crippen LogP contribution in [0.2, 0.25) is 0 Å². The number of piperazine rings is 1. The number of carbonyl (C=O) groups excluding carboxylic acids is 1. The molecule has 1 amide bonds. The number of nitrogens with one attached hydrogen (secondary N) is 2. The van der Waals surface area contributed by atoms with Crippen LogP contribution >= 0.6 is 0 Å². The average molecular weight is 561 g/mol. The molecule has 0 saturated carbocycles. The number of benzene rings is 2. The van der Waals surface area contributed by atoms with E-state index in [1.807, 2.05) is 0 Å². The van der Waals surface area contributed by atoms with E-state index < -0.39 is 34.7 Å². The van der Waals surface area contributed by atoms with Gasteiger partial charge in [-0.25, -0.2) is 17.3 Å². The second-order valence-corrected chi connectivity index (χ2v) is 12.3. The van der Waals surface area contributed by atoms with Gasteiger partial charge < -0.3 is 21.1 Å². The standard InChI is InChI=1S/C29H38F2N4O3S/c30-20-11-9-19(10-12-20)27(26-8-1-2-15-38-26)28(32)29(36)34-25-7-3-6-24(31)23(25)14-13-22-17-33-21-5-4-16-39(37)35(22)18-21/h3,6-7,9-12,21-22,26-28,33H,1-2,4-5,8,13-18,32H2,(H,34,36)/t21-,22?,26?,27?,28+,39?/m1/s1. The van der Waals surface area contributed by atoms with Crippen LogP contribution in [-0.2, 0) is 26.9 Å². The van der Waals surface area contributed by atoms with Crippen LogP contribution in [0.5, 0.6) is 0 Å². The van der Waals surface area contributed by atoms with Crippen LogP contribution < -0.4 is 16.4 Å². The fourth-order valence-electron chi connectivity index (χ4n) is 6.10. The quantitative estimate of drug-likeness (QED) is 0.459. The van der Waals surface area contributed by atoms with Gasteiger partial charge in [0.05, 0.1) is 23.1 Å². The van der Waals surface area contributed by atoms with Gasteiger partial charge in [-0.1, -0.05) is 18.2 Å². The van der Waals surface area contributed by atoms with Crippen molar-refractivity contribution in [3.05, 3.63) is 65.2 Å². The zero-order valence-electron chi connectivity index (χ0n) is 22.1. The normalized spacial score (nSPS) is 28.7. The number of hydrogen-bond acceptors (Lipinski definition) is 5. The molecular weight excluding hydrogens is 522 g/mol. The molecular formula is C29H38F2N4O3S. The summed E-state index contributed by atoms with van der Waals surface area (Å²) < 4.78 is 49.5. The zero-order valence-corrected chi connectivity index (χ0v) is 22.9. The highest BCUT2D eigenvalue weighted by molar-refractivity contribution is 7.82. The lowest BCUT2D eigenvalue weighted by Crippen LogP contribution is -2.55. The number of nitrogens with two attached hydrogens (primary N) is 1. The number of amides is 1. The van der Waals surface area contributed by atoms with E-state index in [0.29, 0.717) is 49.0 Å². The monoisotopic (exact) mass is 560 g/mol. The van der Waals surface area contributed by atoms with E-state index >= 15 is 4.39 Å². The van der Waals surface area contributed by atoms with Crippen LogP contribution in [0, 0.1) is 11.6 Å². The predicted molar refractivity (Wildman–Crippen MR) is 149 cm³/mol. The number of anilines is 1. The number of hydrogen-bond donors (Lipinski definition) is 3. The third-order valence-electron chi connectivity index (χ3n) is 8.25. The molecule has 7 atom stereocenters. The first-order valence-corrected chi connectivity index (χ1v) is 15.3. The summed E-state index contributed by atoms with van der Waals surface area (Å²) in [5.74, 6) is -1.01. The topological polar surface area (TPSA) is 96.7 Å². The molecule has 0 spiro atoms. The molecule has 212 valence electrons. The van der Waals surface area contributed by atoms with Gasteiger partial charge in [0.25, 0.3) is 0 Å². The van der Waals surface area contributed by atoms with Crippen LogP contribution in [0.1, 0.15) is 55.6 Å². The third-order valence-corrected chi connectivity index (χ3v) is 9.86. The number of ether oxygens (including phenoxy) is 1. The Hall–Kier alpha value is -2.24. The van der Waals surface area contributed by atoms with Crippen LogP contribution in [-0.4, -0.2) is 64.1 Å². The molecule has 2 aromatic carbocycles. The van der Waals surface area contributed by atoms with Gasteiger partial charge in [0.15, 0.2) is 0 Å². The van der Waals surface area contributed by atoms with Crippen LogP contribution in [0.3, 0.4) is 0 Å². The predicted octanol–water partition coefficient (Wildman–Crippen LogP) is 3.62. The fraction of sp³-hybridized carbons (Fsp3) is 0.552. The van der Waals surface area contributed by atoms with Crippen molar-refractivity contribution in [1.82, 2.24) is 9.62 Å². The molecule has 2 bridgehead atoms. The van der Waals surface area contributed by atoms with E-state index in [1.165, 1.54) is 18.2 Å². The summed E-state index contributed by atoms with van der Waals surface area (Å²) in [6.07, 6.45) is 5.33.